The van der Waals surface area contributed by atoms with Crippen molar-refractivity contribution in [2.24, 2.45) is 5.73 Å². The van der Waals surface area contributed by atoms with Gasteiger partial charge in [-0.1, -0.05) is 0 Å². The first-order chi connectivity index (χ1) is 4.66. The first-order valence-electron chi connectivity index (χ1n) is 3.31. The van der Waals surface area contributed by atoms with Gasteiger partial charge in [0.2, 0.25) is 5.91 Å². The number of rotatable bonds is 4. The molecule has 0 heterocycles. The molecular formula is C6H14N2O2. The van der Waals surface area contributed by atoms with Gasteiger partial charge in [-0.2, -0.15) is 0 Å². The van der Waals surface area contributed by atoms with Crippen LogP contribution < -0.4 is 11.1 Å². The summed E-state index contributed by atoms with van der Waals surface area (Å²) in [5.74, 6) is -0.180. The minimum atomic E-state index is -0.363. The Bertz CT molecular complexity index is 104. The molecule has 0 aliphatic heterocycles. The van der Waals surface area contributed by atoms with E-state index in [-0.39, 0.29) is 18.6 Å². The smallest absolute Gasteiger partial charge is 0.233 e. The lowest BCUT2D eigenvalue weighted by Gasteiger charge is -2.04. The number of amides is 1. The first kappa shape index (κ1) is 9.39. The van der Waals surface area contributed by atoms with Gasteiger partial charge in [-0.05, 0) is 13.3 Å². The Labute approximate surface area is 60.4 Å². The van der Waals surface area contributed by atoms with Crippen LogP contribution >= 0.6 is 0 Å². The van der Waals surface area contributed by atoms with Crippen molar-refractivity contribution in [3.05, 3.63) is 0 Å². The molecule has 60 valence electrons. The molecule has 0 aliphatic carbocycles. The highest BCUT2D eigenvalue weighted by Crippen LogP contribution is 1.84. The third-order valence-electron chi connectivity index (χ3n) is 1.07. The van der Waals surface area contributed by atoms with Crippen molar-refractivity contribution in [2.75, 3.05) is 13.1 Å². The van der Waals surface area contributed by atoms with Gasteiger partial charge in [-0.15, -0.1) is 0 Å². The number of carbonyl (C=O) groups excluding carboxylic acids is 1. The Morgan fingerprint density at radius 1 is 1.80 bits per heavy atom. The number of aliphatic hydroxyl groups is 1. The van der Waals surface area contributed by atoms with Crippen LogP contribution in [-0.2, 0) is 4.79 Å². The fourth-order valence-corrected chi connectivity index (χ4v) is 0.493. The van der Waals surface area contributed by atoms with Crippen molar-refractivity contribution < 1.29 is 9.90 Å². The van der Waals surface area contributed by atoms with Crippen LogP contribution in [0.25, 0.3) is 0 Å². The van der Waals surface area contributed by atoms with Crippen molar-refractivity contribution in [1.29, 1.82) is 0 Å². The van der Waals surface area contributed by atoms with Gasteiger partial charge >= 0.3 is 0 Å². The summed E-state index contributed by atoms with van der Waals surface area (Å²) in [6.45, 7) is 2.18. The van der Waals surface area contributed by atoms with Gasteiger partial charge in [-0.3, -0.25) is 4.79 Å². The van der Waals surface area contributed by atoms with Crippen molar-refractivity contribution >= 4 is 5.91 Å². The summed E-state index contributed by atoms with van der Waals surface area (Å²) in [6, 6.07) is 0. The van der Waals surface area contributed by atoms with Gasteiger partial charge in [-0.25, -0.2) is 0 Å². The van der Waals surface area contributed by atoms with Gasteiger partial charge in [0.05, 0.1) is 12.6 Å². The van der Waals surface area contributed by atoms with Crippen molar-refractivity contribution in [3.8, 4) is 0 Å². The lowest BCUT2D eigenvalue weighted by atomic mass is 10.3. The van der Waals surface area contributed by atoms with Gasteiger partial charge < -0.3 is 16.2 Å². The van der Waals surface area contributed by atoms with Crippen LogP contribution in [0.2, 0.25) is 0 Å². The third-order valence-corrected chi connectivity index (χ3v) is 1.07. The number of carbonyl (C=O) groups is 1. The molecule has 0 aromatic heterocycles. The quantitative estimate of drug-likeness (QED) is 0.468. The second-order valence-electron chi connectivity index (χ2n) is 2.19. The Kier molecular flexibility index (Phi) is 4.88. The van der Waals surface area contributed by atoms with Crippen LogP contribution in [0.15, 0.2) is 0 Å². The molecule has 0 aliphatic rings. The number of nitrogens with two attached hydrogens (primary N) is 1. The SMILES string of the molecule is C[C@@H](O)CCNC(=O)CN. The Morgan fingerprint density at radius 3 is 2.80 bits per heavy atom. The van der Waals surface area contributed by atoms with E-state index in [4.69, 9.17) is 10.8 Å². The summed E-state index contributed by atoms with van der Waals surface area (Å²) >= 11 is 0. The normalized spacial score (nSPS) is 12.7. The van der Waals surface area contributed by atoms with E-state index < -0.39 is 0 Å². The Morgan fingerprint density at radius 2 is 2.40 bits per heavy atom. The van der Waals surface area contributed by atoms with Gasteiger partial charge in [0.1, 0.15) is 0 Å². The van der Waals surface area contributed by atoms with E-state index in [0.29, 0.717) is 13.0 Å². The highest BCUT2D eigenvalue weighted by atomic mass is 16.3. The molecule has 0 saturated heterocycles. The highest BCUT2D eigenvalue weighted by molar-refractivity contribution is 5.77. The molecule has 0 bridgehead atoms. The van der Waals surface area contributed by atoms with Gasteiger partial charge in [0.25, 0.3) is 0 Å². The van der Waals surface area contributed by atoms with E-state index in [0.717, 1.165) is 0 Å². The largest absolute Gasteiger partial charge is 0.393 e. The van der Waals surface area contributed by atoms with Crippen molar-refractivity contribution in [2.45, 2.75) is 19.4 Å². The summed E-state index contributed by atoms with van der Waals surface area (Å²) in [5, 5.41) is 11.3. The second-order valence-corrected chi connectivity index (χ2v) is 2.19. The van der Waals surface area contributed by atoms with E-state index >= 15 is 0 Å². The number of hydrogen-bond donors (Lipinski definition) is 3. The van der Waals surface area contributed by atoms with Crippen LogP contribution in [0.3, 0.4) is 0 Å². The van der Waals surface area contributed by atoms with Crippen LogP contribution in [0, 0.1) is 0 Å². The predicted octanol–water partition coefficient (Wildman–Crippen LogP) is -1.17. The molecule has 0 aromatic rings. The Hall–Kier alpha value is -0.610. The predicted molar refractivity (Wildman–Crippen MR) is 38.4 cm³/mol. The minimum absolute atomic E-state index is 0.0137. The molecule has 0 fully saturated rings. The number of aliphatic hydroxyl groups excluding tert-OH is 1. The van der Waals surface area contributed by atoms with Gasteiger partial charge in [0, 0.05) is 6.54 Å². The molecule has 0 unspecified atom stereocenters. The molecule has 0 radical (unpaired) electrons. The number of hydrogen-bond acceptors (Lipinski definition) is 3. The van der Waals surface area contributed by atoms with Crippen molar-refractivity contribution in [3.63, 3.8) is 0 Å². The molecule has 1 atom stereocenters. The fraction of sp³-hybridized carbons (Fsp3) is 0.833. The maximum Gasteiger partial charge on any atom is 0.233 e. The average molecular weight is 146 g/mol. The molecule has 1 amide bonds. The maximum absolute atomic E-state index is 10.5. The van der Waals surface area contributed by atoms with Gasteiger partial charge in [0.15, 0.2) is 0 Å². The summed E-state index contributed by atoms with van der Waals surface area (Å²) in [5.41, 5.74) is 5.01. The lowest BCUT2D eigenvalue weighted by Crippen LogP contribution is -2.32. The molecule has 4 N–H and O–H groups in total. The van der Waals surface area contributed by atoms with E-state index in [1.807, 2.05) is 0 Å². The van der Waals surface area contributed by atoms with E-state index in [2.05, 4.69) is 5.32 Å². The summed E-state index contributed by atoms with van der Waals surface area (Å²) in [6.07, 6.45) is 0.212. The molecule has 10 heavy (non-hydrogen) atoms. The zero-order valence-electron chi connectivity index (χ0n) is 6.13. The van der Waals surface area contributed by atoms with Crippen LogP contribution in [-0.4, -0.2) is 30.2 Å². The molecular weight excluding hydrogens is 132 g/mol. The number of nitrogens with one attached hydrogen (secondary N) is 1. The highest BCUT2D eigenvalue weighted by Gasteiger charge is 1.97. The monoisotopic (exact) mass is 146 g/mol. The summed E-state index contributed by atoms with van der Waals surface area (Å²) < 4.78 is 0. The lowest BCUT2D eigenvalue weighted by molar-refractivity contribution is -0.119. The summed E-state index contributed by atoms with van der Waals surface area (Å²) in [7, 11) is 0. The zero-order valence-corrected chi connectivity index (χ0v) is 6.13. The second kappa shape index (κ2) is 5.20. The van der Waals surface area contributed by atoms with Crippen LogP contribution in [0.4, 0.5) is 0 Å². The van der Waals surface area contributed by atoms with E-state index in [1.165, 1.54) is 0 Å². The minimum Gasteiger partial charge on any atom is -0.393 e. The molecule has 0 spiro atoms. The van der Waals surface area contributed by atoms with Crippen LogP contribution in [0.1, 0.15) is 13.3 Å². The molecule has 4 nitrogen and oxygen atoms in total. The van der Waals surface area contributed by atoms with E-state index in [9.17, 15) is 4.79 Å². The third kappa shape index (κ3) is 5.53. The van der Waals surface area contributed by atoms with Crippen molar-refractivity contribution in [1.82, 2.24) is 5.32 Å². The molecule has 0 rings (SSSR count). The first-order valence-corrected chi connectivity index (χ1v) is 3.31. The molecule has 4 heteroatoms. The standard InChI is InChI=1S/C6H14N2O2/c1-5(9)2-3-8-6(10)4-7/h5,9H,2-4,7H2,1H3,(H,8,10)/t5-/m1/s1. The van der Waals surface area contributed by atoms with Crippen LogP contribution in [0.5, 0.6) is 0 Å². The maximum atomic E-state index is 10.5. The zero-order chi connectivity index (χ0) is 7.98. The van der Waals surface area contributed by atoms with E-state index in [1.54, 1.807) is 6.92 Å². The fourth-order valence-electron chi connectivity index (χ4n) is 0.493. The topological polar surface area (TPSA) is 75.3 Å². The molecule has 0 saturated carbocycles. The Balaban J connectivity index is 3.12. The average Bonchev–Trinajstić information content (AvgIpc) is 1.87. The molecule has 0 aromatic carbocycles. The summed E-state index contributed by atoms with van der Waals surface area (Å²) in [4.78, 5) is 10.5.